The Bertz CT molecular complexity index is 609. The number of carbonyl (C=O) groups is 1. The van der Waals surface area contributed by atoms with Crippen LogP contribution >= 0.6 is 0 Å². The molecule has 0 aliphatic heterocycles. The third-order valence-electron chi connectivity index (χ3n) is 4.27. The smallest absolute Gasteiger partial charge is 0.219 e. The Morgan fingerprint density at radius 1 is 1.15 bits per heavy atom. The molecule has 5 heteroatoms. The van der Waals surface area contributed by atoms with Crippen molar-refractivity contribution in [1.29, 1.82) is 0 Å². The number of rotatable bonds is 13. The summed E-state index contributed by atoms with van der Waals surface area (Å²) in [5, 5.41) is 2.94. The highest BCUT2D eigenvalue weighted by molar-refractivity contribution is 5.75. The van der Waals surface area contributed by atoms with E-state index in [-0.39, 0.29) is 5.91 Å². The summed E-state index contributed by atoms with van der Waals surface area (Å²) >= 11 is 0. The Kier molecular flexibility index (Phi) is 9.33. The van der Waals surface area contributed by atoms with E-state index in [1.165, 1.54) is 24.8 Å². The number of amides is 1. The van der Waals surface area contributed by atoms with E-state index in [2.05, 4.69) is 27.0 Å². The first-order valence-corrected chi connectivity index (χ1v) is 9.72. The molecule has 26 heavy (non-hydrogen) atoms. The Morgan fingerprint density at radius 3 is 2.69 bits per heavy atom. The molecule has 0 unspecified atom stereocenters. The molecule has 5 nitrogen and oxygen atoms in total. The standard InChI is InChI=1S/C21H31N3O2/c1-2-7-21(25)23-13-12-19-8-10-20(11-9-19)26-17-6-4-3-5-15-24-16-14-22-18-24/h8-11,14,16,18H,2-7,12-13,15,17H2,1H3,(H,23,25). The van der Waals surface area contributed by atoms with Gasteiger partial charge in [-0.15, -0.1) is 0 Å². The number of nitrogens with one attached hydrogen (secondary N) is 1. The highest BCUT2D eigenvalue weighted by atomic mass is 16.5. The quantitative estimate of drug-likeness (QED) is 0.552. The Morgan fingerprint density at radius 2 is 1.96 bits per heavy atom. The molecule has 0 bridgehead atoms. The van der Waals surface area contributed by atoms with E-state index < -0.39 is 0 Å². The lowest BCUT2D eigenvalue weighted by Crippen LogP contribution is -2.25. The Hall–Kier alpha value is -2.30. The lowest BCUT2D eigenvalue weighted by atomic mass is 10.1. The number of hydrogen-bond donors (Lipinski definition) is 1. The summed E-state index contributed by atoms with van der Waals surface area (Å²) in [6, 6.07) is 8.18. The number of nitrogens with zero attached hydrogens (tertiary/aromatic N) is 2. The predicted molar refractivity (Wildman–Crippen MR) is 104 cm³/mol. The molecule has 0 fully saturated rings. The van der Waals surface area contributed by atoms with Gasteiger partial charge in [0.25, 0.3) is 0 Å². The molecule has 2 rings (SSSR count). The van der Waals surface area contributed by atoms with Crippen LogP contribution in [0.5, 0.6) is 5.75 Å². The third kappa shape index (κ3) is 8.19. The summed E-state index contributed by atoms with van der Waals surface area (Å²) in [6.07, 6.45) is 12.7. The number of carbonyl (C=O) groups excluding carboxylic acids is 1. The second kappa shape index (κ2) is 12.1. The first-order valence-electron chi connectivity index (χ1n) is 9.72. The van der Waals surface area contributed by atoms with Gasteiger partial charge in [-0.2, -0.15) is 0 Å². The van der Waals surface area contributed by atoms with Gasteiger partial charge < -0.3 is 14.6 Å². The van der Waals surface area contributed by atoms with Crippen LogP contribution in [0.3, 0.4) is 0 Å². The molecule has 1 aromatic carbocycles. The highest BCUT2D eigenvalue weighted by Gasteiger charge is 2.00. The van der Waals surface area contributed by atoms with Gasteiger partial charge in [-0.1, -0.05) is 31.9 Å². The van der Waals surface area contributed by atoms with Crippen molar-refractivity contribution in [2.75, 3.05) is 13.2 Å². The predicted octanol–water partition coefficient (Wildman–Crippen LogP) is 3.98. The number of hydrogen-bond acceptors (Lipinski definition) is 3. The number of aromatic nitrogens is 2. The van der Waals surface area contributed by atoms with E-state index in [4.69, 9.17) is 4.74 Å². The monoisotopic (exact) mass is 357 g/mol. The zero-order valence-electron chi connectivity index (χ0n) is 15.8. The molecule has 1 aromatic heterocycles. The van der Waals surface area contributed by atoms with Crippen LogP contribution in [0.1, 0.15) is 51.0 Å². The van der Waals surface area contributed by atoms with Gasteiger partial charge in [0.05, 0.1) is 12.9 Å². The van der Waals surface area contributed by atoms with Crippen LogP contribution < -0.4 is 10.1 Å². The number of ether oxygens (including phenoxy) is 1. The van der Waals surface area contributed by atoms with E-state index in [0.29, 0.717) is 13.0 Å². The minimum atomic E-state index is 0.137. The van der Waals surface area contributed by atoms with Crippen molar-refractivity contribution in [3.8, 4) is 5.75 Å². The fraction of sp³-hybridized carbons (Fsp3) is 0.524. The zero-order valence-corrected chi connectivity index (χ0v) is 15.8. The van der Waals surface area contributed by atoms with E-state index in [1.807, 2.05) is 37.8 Å². The van der Waals surface area contributed by atoms with Gasteiger partial charge in [0, 0.05) is 31.9 Å². The Labute approximate surface area is 156 Å². The van der Waals surface area contributed by atoms with Crippen molar-refractivity contribution in [3.05, 3.63) is 48.5 Å². The van der Waals surface area contributed by atoms with Crippen molar-refractivity contribution in [2.24, 2.45) is 0 Å². The van der Waals surface area contributed by atoms with Gasteiger partial charge in [0.2, 0.25) is 5.91 Å². The topological polar surface area (TPSA) is 56.1 Å². The van der Waals surface area contributed by atoms with Gasteiger partial charge in [-0.25, -0.2) is 4.98 Å². The number of unbranched alkanes of at least 4 members (excludes halogenated alkanes) is 3. The molecule has 0 aliphatic carbocycles. The largest absolute Gasteiger partial charge is 0.494 e. The summed E-state index contributed by atoms with van der Waals surface area (Å²) in [4.78, 5) is 15.5. The van der Waals surface area contributed by atoms with Crippen molar-refractivity contribution >= 4 is 5.91 Å². The normalized spacial score (nSPS) is 10.7. The minimum absolute atomic E-state index is 0.137. The summed E-state index contributed by atoms with van der Waals surface area (Å²) < 4.78 is 7.92. The van der Waals surface area contributed by atoms with Crippen LogP contribution in [0.25, 0.3) is 0 Å². The van der Waals surface area contributed by atoms with Gasteiger partial charge in [0.1, 0.15) is 5.75 Å². The lowest BCUT2D eigenvalue weighted by Gasteiger charge is -2.08. The first-order chi connectivity index (χ1) is 12.8. The minimum Gasteiger partial charge on any atom is -0.494 e. The number of imidazole rings is 1. The SMILES string of the molecule is CCCC(=O)NCCc1ccc(OCCCCCCn2ccnc2)cc1. The van der Waals surface area contributed by atoms with Crippen LogP contribution in [0, 0.1) is 0 Å². The molecule has 0 spiro atoms. The van der Waals surface area contributed by atoms with E-state index >= 15 is 0 Å². The van der Waals surface area contributed by atoms with Crippen molar-refractivity contribution < 1.29 is 9.53 Å². The van der Waals surface area contributed by atoms with Gasteiger partial charge in [0.15, 0.2) is 0 Å². The second-order valence-electron chi connectivity index (χ2n) is 6.56. The first kappa shape index (κ1) is 20.0. The number of benzene rings is 1. The molecule has 1 amide bonds. The van der Waals surface area contributed by atoms with Crippen LogP contribution in [0.2, 0.25) is 0 Å². The van der Waals surface area contributed by atoms with E-state index in [9.17, 15) is 4.79 Å². The summed E-state index contributed by atoms with van der Waals surface area (Å²) in [5.41, 5.74) is 1.22. The fourth-order valence-electron chi connectivity index (χ4n) is 2.77. The average molecular weight is 357 g/mol. The lowest BCUT2D eigenvalue weighted by molar-refractivity contribution is -0.121. The van der Waals surface area contributed by atoms with Crippen LogP contribution in [0.15, 0.2) is 43.0 Å². The maximum atomic E-state index is 11.4. The van der Waals surface area contributed by atoms with E-state index in [1.54, 1.807) is 0 Å². The molecular weight excluding hydrogens is 326 g/mol. The Balaban J connectivity index is 1.51. The molecule has 1 heterocycles. The van der Waals surface area contributed by atoms with Crippen molar-refractivity contribution in [3.63, 3.8) is 0 Å². The van der Waals surface area contributed by atoms with Gasteiger partial charge >= 0.3 is 0 Å². The number of aryl methyl sites for hydroxylation is 1. The zero-order chi connectivity index (χ0) is 18.5. The average Bonchev–Trinajstić information content (AvgIpc) is 3.16. The molecule has 142 valence electrons. The van der Waals surface area contributed by atoms with Crippen molar-refractivity contribution in [1.82, 2.24) is 14.9 Å². The molecule has 0 radical (unpaired) electrons. The molecule has 0 atom stereocenters. The van der Waals surface area contributed by atoms with E-state index in [0.717, 1.165) is 38.2 Å². The summed E-state index contributed by atoms with van der Waals surface area (Å²) in [7, 11) is 0. The maximum Gasteiger partial charge on any atom is 0.219 e. The van der Waals surface area contributed by atoms with Crippen molar-refractivity contribution in [2.45, 2.75) is 58.4 Å². The summed E-state index contributed by atoms with van der Waals surface area (Å²) in [5.74, 6) is 1.06. The van der Waals surface area contributed by atoms with Crippen LogP contribution in [-0.4, -0.2) is 28.6 Å². The van der Waals surface area contributed by atoms with Crippen LogP contribution in [0.4, 0.5) is 0 Å². The van der Waals surface area contributed by atoms with Gasteiger partial charge in [-0.05, 0) is 43.4 Å². The molecule has 0 saturated carbocycles. The second-order valence-corrected chi connectivity index (χ2v) is 6.56. The summed E-state index contributed by atoms with van der Waals surface area (Å²) in [6.45, 7) is 4.51. The third-order valence-corrected chi connectivity index (χ3v) is 4.27. The molecule has 0 saturated heterocycles. The van der Waals surface area contributed by atoms with Gasteiger partial charge in [-0.3, -0.25) is 4.79 Å². The molecule has 0 aliphatic rings. The fourth-order valence-corrected chi connectivity index (χ4v) is 2.77. The maximum absolute atomic E-state index is 11.4. The molecule has 2 aromatic rings. The highest BCUT2D eigenvalue weighted by Crippen LogP contribution is 2.13. The van der Waals surface area contributed by atoms with Crippen LogP contribution in [-0.2, 0) is 17.8 Å². The molecular formula is C21H31N3O2. The molecule has 1 N–H and O–H groups in total.